The number of H-pyrrole nitrogens is 1. The van der Waals surface area contributed by atoms with Crippen molar-refractivity contribution in [3.63, 3.8) is 0 Å². The quantitative estimate of drug-likeness (QED) is 0.692. The first-order chi connectivity index (χ1) is 7.79. The summed E-state index contributed by atoms with van der Waals surface area (Å²) in [7, 11) is 0. The van der Waals surface area contributed by atoms with Crippen LogP contribution in [-0.2, 0) is 0 Å². The molecule has 4 heteroatoms. The Kier molecular flexibility index (Phi) is 3.62. The molecule has 0 saturated heterocycles. The topological polar surface area (TPSA) is 42.1 Å². The van der Waals surface area contributed by atoms with Crippen LogP contribution < -0.4 is 10.3 Å². The van der Waals surface area contributed by atoms with Gasteiger partial charge in [-0.3, -0.25) is 4.79 Å². The molecule has 0 bridgehead atoms. The van der Waals surface area contributed by atoms with Crippen LogP contribution in [-0.4, -0.2) is 16.9 Å². The minimum atomic E-state index is -0.0829. The molecular weight excluding hydrogens is 270 g/mol. The van der Waals surface area contributed by atoms with Crippen molar-refractivity contribution in [2.24, 2.45) is 0 Å². The van der Waals surface area contributed by atoms with Gasteiger partial charge in [0.25, 0.3) is 0 Å². The maximum atomic E-state index is 11.1. The Morgan fingerprint density at radius 2 is 2.12 bits per heavy atom. The predicted molar refractivity (Wildman–Crippen MR) is 68.5 cm³/mol. The van der Waals surface area contributed by atoms with E-state index in [2.05, 4.69) is 20.9 Å². The lowest BCUT2D eigenvalue weighted by atomic mass is 10.2. The Labute approximate surface area is 102 Å². The van der Waals surface area contributed by atoms with E-state index in [0.717, 1.165) is 28.4 Å². The number of ether oxygens (including phenoxy) is 1. The number of nitrogens with one attached hydrogen (secondary N) is 1. The van der Waals surface area contributed by atoms with Crippen molar-refractivity contribution in [2.75, 3.05) is 11.9 Å². The Morgan fingerprint density at radius 1 is 1.25 bits per heavy atom. The van der Waals surface area contributed by atoms with Gasteiger partial charge in [-0.15, -0.1) is 0 Å². The van der Waals surface area contributed by atoms with Gasteiger partial charge in [-0.25, -0.2) is 0 Å². The molecule has 1 aromatic heterocycles. The van der Waals surface area contributed by atoms with E-state index in [-0.39, 0.29) is 5.56 Å². The summed E-state index contributed by atoms with van der Waals surface area (Å²) in [4.78, 5) is 13.9. The van der Waals surface area contributed by atoms with Gasteiger partial charge >= 0.3 is 0 Å². The van der Waals surface area contributed by atoms with Crippen LogP contribution in [0, 0.1) is 0 Å². The second-order valence-electron chi connectivity index (χ2n) is 3.46. The van der Waals surface area contributed by atoms with E-state index in [1.54, 1.807) is 6.07 Å². The van der Waals surface area contributed by atoms with Crippen LogP contribution in [0.25, 0.3) is 10.9 Å². The molecule has 84 valence electrons. The van der Waals surface area contributed by atoms with Gasteiger partial charge < -0.3 is 9.72 Å². The van der Waals surface area contributed by atoms with Crippen molar-refractivity contribution in [3.05, 3.63) is 40.7 Å². The second kappa shape index (κ2) is 5.16. The number of rotatable bonds is 4. The van der Waals surface area contributed by atoms with Gasteiger partial charge in [0.05, 0.1) is 6.61 Å². The van der Waals surface area contributed by atoms with Crippen LogP contribution in [0.2, 0.25) is 0 Å². The van der Waals surface area contributed by atoms with Crippen LogP contribution in [0.15, 0.2) is 35.1 Å². The highest BCUT2D eigenvalue weighted by atomic mass is 79.9. The fraction of sp³-hybridized carbons (Fsp3) is 0.250. The lowest BCUT2D eigenvalue weighted by Gasteiger charge is -2.05. The van der Waals surface area contributed by atoms with Crippen LogP contribution in [0.3, 0.4) is 0 Å². The zero-order chi connectivity index (χ0) is 11.4. The van der Waals surface area contributed by atoms with Gasteiger partial charge in [0.15, 0.2) is 0 Å². The van der Waals surface area contributed by atoms with Crippen molar-refractivity contribution in [1.82, 2.24) is 4.98 Å². The summed E-state index contributed by atoms with van der Waals surface area (Å²) in [5.74, 6) is 0.834. The molecule has 16 heavy (non-hydrogen) atoms. The summed E-state index contributed by atoms with van der Waals surface area (Å²) in [6.45, 7) is 0.695. The average Bonchev–Trinajstić information content (AvgIpc) is 2.29. The van der Waals surface area contributed by atoms with E-state index in [1.807, 2.05) is 18.2 Å². The highest BCUT2D eigenvalue weighted by Gasteiger charge is 1.98. The number of halogens is 1. The zero-order valence-electron chi connectivity index (χ0n) is 8.70. The van der Waals surface area contributed by atoms with Crippen molar-refractivity contribution >= 4 is 26.8 Å². The number of hydrogen-bond donors (Lipinski definition) is 1. The predicted octanol–water partition coefficient (Wildman–Crippen LogP) is 2.69. The largest absolute Gasteiger partial charge is 0.494 e. The number of benzene rings is 1. The fourth-order valence-electron chi connectivity index (χ4n) is 1.47. The first kappa shape index (κ1) is 11.2. The molecule has 2 aromatic rings. The molecule has 0 atom stereocenters. The standard InChI is InChI=1S/C12H12BrNO2/c13-6-1-7-16-10-3-4-11-9(8-10)2-5-12(15)14-11/h2-5,8H,1,6-7H2,(H,14,15). The van der Waals surface area contributed by atoms with E-state index in [9.17, 15) is 4.79 Å². The summed E-state index contributed by atoms with van der Waals surface area (Å²) < 4.78 is 5.56. The molecule has 0 spiro atoms. The Hall–Kier alpha value is -1.29. The highest BCUT2D eigenvalue weighted by Crippen LogP contribution is 2.18. The third-order valence-corrected chi connectivity index (χ3v) is 2.80. The minimum Gasteiger partial charge on any atom is -0.494 e. The maximum Gasteiger partial charge on any atom is 0.248 e. The molecule has 0 saturated carbocycles. The first-order valence-corrected chi connectivity index (χ1v) is 6.23. The highest BCUT2D eigenvalue weighted by molar-refractivity contribution is 9.09. The normalized spacial score (nSPS) is 10.6. The Bertz CT molecular complexity index is 536. The minimum absolute atomic E-state index is 0.0829. The Balaban J connectivity index is 2.23. The van der Waals surface area contributed by atoms with Crippen LogP contribution >= 0.6 is 15.9 Å². The van der Waals surface area contributed by atoms with Crippen molar-refractivity contribution in [1.29, 1.82) is 0 Å². The second-order valence-corrected chi connectivity index (χ2v) is 4.26. The number of aromatic nitrogens is 1. The SMILES string of the molecule is O=c1ccc2cc(OCCCBr)ccc2[nH]1. The third-order valence-electron chi connectivity index (χ3n) is 2.24. The summed E-state index contributed by atoms with van der Waals surface area (Å²) in [6, 6.07) is 8.97. The molecule has 1 aromatic carbocycles. The van der Waals surface area contributed by atoms with Crippen LogP contribution in [0.4, 0.5) is 0 Å². The van der Waals surface area contributed by atoms with Gasteiger partial charge in [-0.2, -0.15) is 0 Å². The number of aromatic amines is 1. The molecule has 1 N–H and O–H groups in total. The molecule has 3 nitrogen and oxygen atoms in total. The van der Waals surface area contributed by atoms with Crippen molar-refractivity contribution < 1.29 is 4.74 Å². The molecule has 0 fully saturated rings. The van der Waals surface area contributed by atoms with Gasteiger partial charge in [0, 0.05) is 22.3 Å². The maximum absolute atomic E-state index is 11.1. The number of pyridine rings is 1. The number of alkyl halides is 1. The van der Waals surface area contributed by atoms with Gasteiger partial charge in [-0.1, -0.05) is 15.9 Å². The summed E-state index contributed by atoms with van der Waals surface area (Å²) in [6.07, 6.45) is 0.976. The molecule has 0 unspecified atom stereocenters. The van der Waals surface area contributed by atoms with E-state index >= 15 is 0 Å². The molecular formula is C12H12BrNO2. The number of hydrogen-bond acceptors (Lipinski definition) is 2. The lowest BCUT2D eigenvalue weighted by molar-refractivity contribution is 0.319. The summed E-state index contributed by atoms with van der Waals surface area (Å²) in [5, 5.41) is 1.92. The molecule has 1 heterocycles. The average molecular weight is 282 g/mol. The van der Waals surface area contributed by atoms with Gasteiger partial charge in [0.2, 0.25) is 5.56 Å². The van der Waals surface area contributed by atoms with Crippen LogP contribution in [0.5, 0.6) is 5.75 Å². The summed E-state index contributed by atoms with van der Waals surface area (Å²) in [5.41, 5.74) is 0.751. The molecule has 0 radical (unpaired) electrons. The van der Waals surface area contributed by atoms with Gasteiger partial charge in [-0.05, 0) is 30.7 Å². The smallest absolute Gasteiger partial charge is 0.248 e. The van der Waals surface area contributed by atoms with E-state index in [1.165, 1.54) is 6.07 Å². The zero-order valence-corrected chi connectivity index (χ0v) is 10.3. The van der Waals surface area contributed by atoms with Crippen LogP contribution in [0.1, 0.15) is 6.42 Å². The van der Waals surface area contributed by atoms with E-state index in [0.29, 0.717) is 6.61 Å². The summed E-state index contributed by atoms with van der Waals surface area (Å²) >= 11 is 3.35. The Morgan fingerprint density at radius 3 is 2.94 bits per heavy atom. The third kappa shape index (κ3) is 2.64. The van der Waals surface area contributed by atoms with Crippen molar-refractivity contribution in [3.8, 4) is 5.75 Å². The first-order valence-electron chi connectivity index (χ1n) is 5.11. The molecule has 2 rings (SSSR count). The van der Waals surface area contributed by atoms with Gasteiger partial charge in [0.1, 0.15) is 5.75 Å². The monoisotopic (exact) mass is 281 g/mol. The van der Waals surface area contributed by atoms with E-state index in [4.69, 9.17) is 4.74 Å². The van der Waals surface area contributed by atoms with E-state index < -0.39 is 0 Å². The molecule has 0 aliphatic carbocycles. The fourth-order valence-corrected chi connectivity index (χ4v) is 1.70. The number of fused-ring (bicyclic) bond motifs is 1. The molecule has 0 amide bonds. The lowest BCUT2D eigenvalue weighted by Crippen LogP contribution is -2.02. The molecule has 0 aliphatic rings. The van der Waals surface area contributed by atoms with Crippen molar-refractivity contribution in [2.45, 2.75) is 6.42 Å². The molecule has 0 aliphatic heterocycles.